The summed E-state index contributed by atoms with van der Waals surface area (Å²) >= 11 is 5.87. The average Bonchev–Trinajstić information content (AvgIpc) is 2.60. The quantitative estimate of drug-likeness (QED) is 0.532. The van der Waals surface area contributed by atoms with Gasteiger partial charge in [0.15, 0.2) is 0 Å². The van der Waals surface area contributed by atoms with Crippen molar-refractivity contribution >= 4 is 11.6 Å². The fraction of sp³-hybridized carbons (Fsp3) is 0.429. The molecule has 0 aliphatic rings. The highest BCUT2D eigenvalue weighted by atomic mass is 35.5. The molecule has 4 heteroatoms. The van der Waals surface area contributed by atoms with Crippen molar-refractivity contribution < 1.29 is 14.6 Å². The molecule has 25 heavy (non-hydrogen) atoms. The predicted molar refractivity (Wildman–Crippen MR) is 102 cm³/mol. The molecule has 0 heterocycles. The molecule has 0 amide bonds. The van der Waals surface area contributed by atoms with Crippen LogP contribution in [-0.4, -0.2) is 18.3 Å². The minimum absolute atomic E-state index is 0.555. The summed E-state index contributed by atoms with van der Waals surface area (Å²) in [6.07, 6.45) is 4.02. The fourth-order valence-corrected chi connectivity index (χ4v) is 2.62. The van der Waals surface area contributed by atoms with Crippen molar-refractivity contribution in [3.8, 4) is 11.5 Å². The minimum Gasteiger partial charge on any atom is -0.457 e. The molecule has 1 atom stereocenters. The molecule has 0 aliphatic carbocycles. The zero-order chi connectivity index (χ0) is 18.1. The maximum absolute atomic E-state index is 10.7. The number of unbranched alkanes of at least 4 members (excludes halogenated alkanes) is 2. The molecule has 0 bridgehead atoms. The summed E-state index contributed by atoms with van der Waals surface area (Å²) < 4.78 is 11.4. The molecule has 3 nitrogen and oxygen atoms in total. The number of hydrogen-bond acceptors (Lipinski definition) is 3. The predicted octanol–water partition coefficient (Wildman–Crippen LogP) is 5.94. The Bertz CT molecular complexity index is 621. The highest BCUT2D eigenvalue weighted by molar-refractivity contribution is 6.30. The van der Waals surface area contributed by atoms with E-state index in [1.807, 2.05) is 43.3 Å². The van der Waals surface area contributed by atoms with E-state index in [-0.39, 0.29) is 0 Å². The van der Waals surface area contributed by atoms with E-state index in [1.165, 1.54) is 12.8 Å². The third-order valence-electron chi connectivity index (χ3n) is 4.15. The van der Waals surface area contributed by atoms with Gasteiger partial charge in [0.1, 0.15) is 11.5 Å². The Kier molecular flexibility index (Phi) is 7.76. The standard InChI is InChI=1S/C21H27ClO3/c1-3-4-5-15-24-16-14-21(2,23)17-6-10-19(11-7-17)25-20-12-8-18(22)9-13-20/h6-13,23H,3-5,14-16H2,1-2H3. The number of ether oxygens (including phenoxy) is 2. The summed E-state index contributed by atoms with van der Waals surface area (Å²) in [5, 5.41) is 11.3. The molecule has 0 aliphatic heterocycles. The summed E-state index contributed by atoms with van der Waals surface area (Å²) in [7, 11) is 0. The number of rotatable bonds is 10. The van der Waals surface area contributed by atoms with E-state index in [1.54, 1.807) is 12.1 Å². The Labute approximate surface area is 155 Å². The van der Waals surface area contributed by atoms with E-state index in [0.29, 0.717) is 18.1 Å². The summed E-state index contributed by atoms with van der Waals surface area (Å²) in [5.74, 6) is 1.45. The van der Waals surface area contributed by atoms with Gasteiger partial charge >= 0.3 is 0 Å². The van der Waals surface area contributed by atoms with Crippen LogP contribution >= 0.6 is 11.6 Å². The second-order valence-corrected chi connectivity index (χ2v) is 6.86. The van der Waals surface area contributed by atoms with Crippen molar-refractivity contribution in [1.29, 1.82) is 0 Å². The van der Waals surface area contributed by atoms with Crippen molar-refractivity contribution in [1.82, 2.24) is 0 Å². The van der Waals surface area contributed by atoms with Gasteiger partial charge in [-0.3, -0.25) is 0 Å². The van der Waals surface area contributed by atoms with E-state index >= 15 is 0 Å². The van der Waals surface area contributed by atoms with Crippen LogP contribution in [0.15, 0.2) is 48.5 Å². The maximum atomic E-state index is 10.7. The smallest absolute Gasteiger partial charge is 0.127 e. The molecule has 0 spiro atoms. The van der Waals surface area contributed by atoms with E-state index < -0.39 is 5.60 Å². The minimum atomic E-state index is -0.913. The molecule has 2 rings (SSSR count). The molecule has 1 N–H and O–H groups in total. The van der Waals surface area contributed by atoms with E-state index in [4.69, 9.17) is 21.1 Å². The lowest BCUT2D eigenvalue weighted by atomic mass is 9.93. The molecule has 1 unspecified atom stereocenters. The van der Waals surface area contributed by atoms with Gasteiger partial charge in [0.2, 0.25) is 0 Å². The first kappa shape index (κ1) is 19.8. The van der Waals surface area contributed by atoms with Gasteiger partial charge in [0, 0.05) is 24.7 Å². The number of aliphatic hydroxyl groups is 1. The van der Waals surface area contributed by atoms with Gasteiger partial charge in [0.05, 0.1) is 5.60 Å². The first-order chi connectivity index (χ1) is 12.0. The Morgan fingerprint density at radius 1 is 0.920 bits per heavy atom. The lowest BCUT2D eigenvalue weighted by molar-refractivity contribution is 0.0102. The number of benzene rings is 2. The summed E-state index contributed by atoms with van der Waals surface area (Å²) in [6, 6.07) is 14.7. The van der Waals surface area contributed by atoms with Gasteiger partial charge in [0.25, 0.3) is 0 Å². The molecule has 0 radical (unpaired) electrons. The molecule has 0 saturated heterocycles. The summed E-state index contributed by atoms with van der Waals surface area (Å²) in [5.41, 5.74) is -0.0584. The lowest BCUT2D eigenvalue weighted by Crippen LogP contribution is -2.23. The molecule has 2 aromatic rings. The van der Waals surface area contributed by atoms with Crippen LogP contribution in [0.5, 0.6) is 11.5 Å². The van der Waals surface area contributed by atoms with Gasteiger partial charge in [-0.25, -0.2) is 0 Å². The highest BCUT2D eigenvalue weighted by Gasteiger charge is 2.22. The number of hydrogen-bond donors (Lipinski definition) is 1. The van der Waals surface area contributed by atoms with E-state index in [0.717, 1.165) is 30.1 Å². The molecular formula is C21H27ClO3. The van der Waals surface area contributed by atoms with Crippen molar-refractivity contribution in [2.75, 3.05) is 13.2 Å². The van der Waals surface area contributed by atoms with Crippen LogP contribution in [0.4, 0.5) is 0 Å². The van der Waals surface area contributed by atoms with Gasteiger partial charge in [-0.05, 0) is 55.3 Å². The third kappa shape index (κ3) is 6.69. The van der Waals surface area contributed by atoms with Crippen molar-refractivity contribution in [2.24, 2.45) is 0 Å². The molecule has 2 aromatic carbocycles. The third-order valence-corrected chi connectivity index (χ3v) is 4.40. The van der Waals surface area contributed by atoms with Crippen LogP contribution in [0, 0.1) is 0 Å². The average molecular weight is 363 g/mol. The van der Waals surface area contributed by atoms with Crippen molar-refractivity contribution in [3.05, 3.63) is 59.1 Å². The van der Waals surface area contributed by atoms with Gasteiger partial charge in [-0.1, -0.05) is 43.5 Å². The molecule has 0 saturated carbocycles. The molecule has 0 aromatic heterocycles. The summed E-state index contributed by atoms with van der Waals surface area (Å²) in [6.45, 7) is 5.31. The fourth-order valence-electron chi connectivity index (χ4n) is 2.49. The van der Waals surface area contributed by atoms with Gasteiger partial charge in [-0.2, -0.15) is 0 Å². The Morgan fingerprint density at radius 3 is 2.12 bits per heavy atom. The van der Waals surface area contributed by atoms with Crippen molar-refractivity contribution in [2.45, 2.75) is 45.1 Å². The maximum Gasteiger partial charge on any atom is 0.127 e. The van der Waals surface area contributed by atoms with Crippen LogP contribution < -0.4 is 4.74 Å². The molecule has 136 valence electrons. The number of halogens is 1. The Hall–Kier alpha value is -1.55. The lowest BCUT2D eigenvalue weighted by Gasteiger charge is -2.24. The first-order valence-corrected chi connectivity index (χ1v) is 9.23. The first-order valence-electron chi connectivity index (χ1n) is 8.85. The van der Waals surface area contributed by atoms with Crippen LogP contribution in [0.2, 0.25) is 5.02 Å². The topological polar surface area (TPSA) is 38.7 Å². The zero-order valence-electron chi connectivity index (χ0n) is 15.0. The van der Waals surface area contributed by atoms with Crippen LogP contribution in [0.3, 0.4) is 0 Å². The van der Waals surface area contributed by atoms with Crippen molar-refractivity contribution in [3.63, 3.8) is 0 Å². The van der Waals surface area contributed by atoms with E-state index in [2.05, 4.69) is 6.92 Å². The zero-order valence-corrected chi connectivity index (χ0v) is 15.8. The second-order valence-electron chi connectivity index (χ2n) is 6.42. The normalized spacial score (nSPS) is 13.4. The van der Waals surface area contributed by atoms with E-state index in [9.17, 15) is 5.11 Å². The Morgan fingerprint density at radius 2 is 1.52 bits per heavy atom. The molecular weight excluding hydrogens is 336 g/mol. The monoisotopic (exact) mass is 362 g/mol. The largest absolute Gasteiger partial charge is 0.457 e. The molecule has 0 fully saturated rings. The Balaban J connectivity index is 1.85. The van der Waals surface area contributed by atoms with Crippen LogP contribution in [0.25, 0.3) is 0 Å². The van der Waals surface area contributed by atoms with Crippen LogP contribution in [-0.2, 0) is 10.3 Å². The highest BCUT2D eigenvalue weighted by Crippen LogP contribution is 2.28. The van der Waals surface area contributed by atoms with Gasteiger partial charge in [-0.15, -0.1) is 0 Å². The summed E-state index contributed by atoms with van der Waals surface area (Å²) in [4.78, 5) is 0. The van der Waals surface area contributed by atoms with Crippen LogP contribution in [0.1, 0.15) is 45.1 Å². The van der Waals surface area contributed by atoms with Gasteiger partial charge < -0.3 is 14.6 Å². The second kappa shape index (κ2) is 9.81. The SMILES string of the molecule is CCCCCOCCC(C)(O)c1ccc(Oc2ccc(Cl)cc2)cc1.